The van der Waals surface area contributed by atoms with Gasteiger partial charge in [-0.05, 0) is 31.3 Å². The fourth-order valence-corrected chi connectivity index (χ4v) is 3.51. The van der Waals surface area contributed by atoms with Crippen molar-refractivity contribution in [3.8, 4) is 0 Å². The Kier molecular flexibility index (Phi) is 7.17. The molecule has 0 radical (unpaired) electrons. The lowest BCUT2D eigenvalue weighted by atomic mass is 10.0. The highest BCUT2D eigenvalue weighted by molar-refractivity contribution is 7.10. The molecule has 1 aromatic rings. The predicted molar refractivity (Wildman–Crippen MR) is 79.2 cm³/mol. The number of halogens is 1. The number of unbranched alkanes of at least 4 members (excludes halogenated alkanes) is 4. The summed E-state index contributed by atoms with van der Waals surface area (Å²) < 4.78 is 0. The molecule has 0 aliphatic rings. The first-order chi connectivity index (χ1) is 8.20. The average Bonchev–Trinajstić information content (AvgIpc) is 2.66. The second-order valence-electron chi connectivity index (χ2n) is 4.64. The number of thiophene rings is 1. The van der Waals surface area contributed by atoms with Crippen molar-refractivity contribution in [2.45, 2.75) is 58.4 Å². The molecule has 0 aromatic carbocycles. The molecule has 3 heteroatoms. The Morgan fingerprint density at radius 1 is 1.29 bits per heavy atom. The Morgan fingerprint density at radius 3 is 2.53 bits per heavy atom. The van der Waals surface area contributed by atoms with Crippen LogP contribution in [0.3, 0.4) is 0 Å². The molecular weight excluding hydrogens is 250 g/mol. The van der Waals surface area contributed by atoms with Gasteiger partial charge in [0.25, 0.3) is 0 Å². The van der Waals surface area contributed by atoms with E-state index in [1.807, 2.05) is 7.05 Å². The van der Waals surface area contributed by atoms with Crippen molar-refractivity contribution in [2.75, 3.05) is 7.05 Å². The molecule has 0 saturated heterocycles. The second kappa shape index (κ2) is 8.12. The summed E-state index contributed by atoms with van der Waals surface area (Å²) in [5.41, 5.74) is 1.21. The molecule has 0 aliphatic heterocycles. The van der Waals surface area contributed by atoms with Gasteiger partial charge in [0.05, 0.1) is 5.02 Å². The molecule has 0 amide bonds. The maximum atomic E-state index is 6.32. The van der Waals surface area contributed by atoms with Gasteiger partial charge in [0.15, 0.2) is 0 Å². The van der Waals surface area contributed by atoms with Gasteiger partial charge in [-0.25, -0.2) is 0 Å². The lowest BCUT2D eigenvalue weighted by Crippen LogP contribution is -2.15. The van der Waals surface area contributed by atoms with Crippen molar-refractivity contribution in [3.05, 3.63) is 20.8 Å². The van der Waals surface area contributed by atoms with Gasteiger partial charge in [-0.3, -0.25) is 0 Å². The fraction of sp³-hybridized carbons (Fsp3) is 0.714. The molecule has 17 heavy (non-hydrogen) atoms. The van der Waals surface area contributed by atoms with Crippen LogP contribution in [0.4, 0.5) is 0 Å². The Morgan fingerprint density at radius 2 is 2.00 bits per heavy atom. The minimum Gasteiger partial charge on any atom is -0.312 e. The van der Waals surface area contributed by atoms with Crippen LogP contribution in [0.1, 0.15) is 61.9 Å². The quantitative estimate of drug-likeness (QED) is 0.631. The normalized spacial score (nSPS) is 12.9. The molecule has 1 nitrogen and oxygen atoms in total. The Hall–Kier alpha value is -0.0500. The van der Waals surface area contributed by atoms with E-state index < -0.39 is 0 Å². The van der Waals surface area contributed by atoms with Crippen molar-refractivity contribution in [1.82, 2.24) is 5.32 Å². The Balaban J connectivity index is 2.41. The van der Waals surface area contributed by atoms with E-state index in [0.29, 0.717) is 6.04 Å². The summed E-state index contributed by atoms with van der Waals surface area (Å²) in [5, 5.41) is 6.50. The van der Waals surface area contributed by atoms with Gasteiger partial charge in [0.1, 0.15) is 0 Å². The van der Waals surface area contributed by atoms with Crippen LogP contribution >= 0.6 is 22.9 Å². The van der Waals surface area contributed by atoms with Gasteiger partial charge in [0.2, 0.25) is 0 Å². The molecule has 1 rings (SSSR count). The molecule has 0 saturated carbocycles. The standard InChI is InChI=1S/C14H24ClNS/c1-4-5-6-7-8-9-12(16-3)14-13(15)11(2)10-17-14/h10,12,16H,4-9H2,1-3H3. The van der Waals surface area contributed by atoms with Crippen molar-refractivity contribution >= 4 is 22.9 Å². The van der Waals surface area contributed by atoms with Crippen LogP contribution in [0, 0.1) is 6.92 Å². The lowest BCUT2D eigenvalue weighted by Gasteiger charge is -2.15. The lowest BCUT2D eigenvalue weighted by molar-refractivity contribution is 0.506. The van der Waals surface area contributed by atoms with Crippen LogP contribution in [0.25, 0.3) is 0 Å². The number of aryl methyl sites for hydroxylation is 1. The second-order valence-corrected chi connectivity index (χ2v) is 5.93. The summed E-state index contributed by atoms with van der Waals surface area (Å²) in [6.07, 6.45) is 7.87. The van der Waals surface area contributed by atoms with E-state index in [0.717, 1.165) is 5.02 Å². The first-order valence-electron chi connectivity index (χ1n) is 6.61. The molecule has 1 heterocycles. The molecule has 0 fully saturated rings. The summed E-state index contributed by atoms with van der Waals surface area (Å²) in [6, 6.07) is 0.433. The molecule has 1 atom stereocenters. The summed E-state index contributed by atoms with van der Waals surface area (Å²) in [5.74, 6) is 0. The van der Waals surface area contributed by atoms with Crippen molar-refractivity contribution in [1.29, 1.82) is 0 Å². The predicted octanol–water partition coefficient (Wildman–Crippen LogP) is 5.33. The van der Waals surface area contributed by atoms with E-state index in [4.69, 9.17) is 11.6 Å². The van der Waals surface area contributed by atoms with Gasteiger partial charge >= 0.3 is 0 Å². The van der Waals surface area contributed by atoms with E-state index in [1.54, 1.807) is 11.3 Å². The zero-order chi connectivity index (χ0) is 12.7. The first kappa shape index (κ1) is 15.0. The fourth-order valence-electron chi connectivity index (χ4n) is 2.04. The van der Waals surface area contributed by atoms with E-state index >= 15 is 0 Å². The molecule has 98 valence electrons. The summed E-state index contributed by atoms with van der Waals surface area (Å²) in [4.78, 5) is 1.31. The highest BCUT2D eigenvalue weighted by atomic mass is 35.5. The van der Waals surface area contributed by atoms with Crippen LogP contribution in [-0.4, -0.2) is 7.05 Å². The van der Waals surface area contributed by atoms with Crippen molar-refractivity contribution in [2.24, 2.45) is 0 Å². The van der Waals surface area contributed by atoms with Crippen LogP contribution < -0.4 is 5.32 Å². The summed E-state index contributed by atoms with van der Waals surface area (Å²) in [7, 11) is 2.03. The summed E-state index contributed by atoms with van der Waals surface area (Å²) in [6.45, 7) is 4.33. The number of rotatable bonds is 8. The summed E-state index contributed by atoms with van der Waals surface area (Å²) >= 11 is 8.10. The van der Waals surface area contributed by atoms with Gasteiger partial charge in [-0.2, -0.15) is 0 Å². The van der Waals surface area contributed by atoms with Crippen molar-refractivity contribution < 1.29 is 0 Å². The zero-order valence-corrected chi connectivity index (χ0v) is 12.8. The highest BCUT2D eigenvalue weighted by Crippen LogP contribution is 2.34. The number of hydrogen-bond donors (Lipinski definition) is 1. The Bertz CT molecular complexity index is 322. The molecule has 0 spiro atoms. The van der Waals surface area contributed by atoms with Crippen LogP contribution in [0.15, 0.2) is 5.38 Å². The van der Waals surface area contributed by atoms with Crippen LogP contribution in [-0.2, 0) is 0 Å². The molecule has 1 N–H and O–H groups in total. The van der Waals surface area contributed by atoms with Gasteiger partial charge < -0.3 is 5.32 Å². The Labute approximate surface area is 115 Å². The number of hydrogen-bond acceptors (Lipinski definition) is 2. The van der Waals surface area contributed by atoms with Gasteiger partial charge in [-0.1, -0.05) is 50.6 Å². The van der Waals surface area contributed by atoms with Gasteiger partial charge in [-0.15, -0.1) is 11.3 Å². The third-order valence-corrected chi connectivity index (χ3v) is 5.01. The average molecular weight is 274 g/mol. The third kappa shape index (κ3) is 4.61. The van der Waals surface area contributed by atoms with Crippen LogP contribution in [0.2, 0.25) is 5.02 Å². The smallest absolute Gasteiger partial charge is 0.0590 e. The minimum atomic E-state index is 0.433. The molecule has 0 aliphatic carbocycles. The number of nitrogens with one attached hydrogen (secondary N) is 1. The maximum absolute atomic E-state index is 6.32. The minimum absolute atomic E-state index is 0.433. The van der Waals surface area contributed by atoms with Gasteiger partial charge in [0, 0.05) is 10.9 Å². The first-order valence-corrected chi connectivity index (χ1v) is 7.87. The molecule has 0 bridgehead atoms. The molecule has 1 aromatic heterocycles. The highest BCUT2D eigenvalue weighted by Gasteiger charge is 2.15. The monoisotopic (exact) mass is 273 g/mol. The van der Waals surface area contributed by atoms with E-state index in [2.05, 4.69) is 24.5 Å². The molecule has 1 unspecified atom stereocenters. The maximum Gasteiger partial charge on any atom is 0.0590 e. The van der Waals surface area contributed by atoms with Crippen LogP contribution in [0.5, 0.6) is 0 Å². The zero-order valence-electron chi connectivity index (χ0n) is 11.2. The SMILES string of the molecule is CCCCCCCC(NC)c1scc(C)c1Cl. The van der Waals surface area contributed by atoms with E-state index in [9.17, 15) is 0 Å². The van der Waals surface area contributed by atoms with E-state index in [1.165, 1.54) is 49.0 Å². The third-order valence-electron chi connectivity index (χ3n) is 3.19. The largest absolute Gasteiger partial charge is 0.312 e. The van der Waals surface area contributed by atoms with E-state index in [-0.39, 0.29) is 0 Å². The van der Waals surface area contributed by atoms with Crippen molar-refractivity contribution in [3.63, 3.8) is 0 Å². The molecular formula is C14H24ClNS. The topological polar surface area (TPSA) is 12.0 Å².